The van der Waals surface area contributed by atoms with Gasteiger partial charge in [0, 0.05) is 30.5 Å². The maximum absolute atomic E-state index is 5.73. The summed E-state index contributed by atoms with van der Waals surface area (Å²) in [5, 5.41) is 3.63. The summed E-state index contributed by atoms with van der Waals surface area (Å²) in [5.41, 5.74) is 4.41. The molecule has 102 valence electrons. The van der Waals surface area contributed by atoms with Gasteiger partial charge in [0.05, 0.1) is 6.61 Å². The third-order valence-electron chi connectivity index (χ3n) is 4.54. The maximum Gasteiger partial charge on any atom is 0.122 e. The first kappa shape index (κ1) is 12.0. The van der Waals surface area contributed by atoms with Crippen molar-refractivity contribution in [2.24, 2.45) is 0 Å². The Morgan fingerprint density at radius 1 is 0.900 bits per heavy atom. The van der Waals surface area contributed by atoms with E-state index in [1.807, 2.05) is 6.07 Å². The predicted molar refractivity (Wildman–Crippen MR) is 80.4 cm³/mol. The number of rotatable bonds is 4. The van der Waals surface area contributed by atoms with E-state index in [9.17, 15) is 0 Å². The van der Waals surface area contributed by atoms with E-state index >= 15 is 0 Å². The Morgan fingerprint density at radius 2 is 1.65 bits per heavy atom. The minimum Gasteiger partial charge on any atom is -0.493 e. The Hall–Kier alpha value is -1.80. The van der Waals surface area contributed by atoms with E-state index in [4.69, 9.17) is 4.74 Å². The molecule has 20 heavy (non-hydrogen) atoms. The molecule has 1 aliphatic carbocycles. The summed E-state index contributed by atoms with van der Waals surface area (Å²) in [6, 6.07) is 17.2. The molecule has 0 bridgehead atoms. The van der Waals surface area contributed by atoms with Gasteiger partial charge in [-0.2, -0.15) is 0 Å². The van der Waals surface area contributed by atoms with E-state index in [0.717, 1.165) is 25.4 Å². The Kier molecular flexibility index (Phi) is 2.96. The summed E-state index contributed by atoms with van der Waals surface area (Å²) >= 11 is 0. The van der Waals surface area contributed by atoms with Crippen LogP contribution in [0.5, 0.6) is 5.75 Å². The van der Waals surface area contributed by atoms with Crippen LogP contribution in [0.4, 0.5) is 0 Å². The van der Waals surface area contributed by atoms with Crippen LogP contribution in [0.3, 0.4) is 0 Å². The highest BCUT2D eigenvalue weighted by molar-refractivity contribution is 5.41. The lowest BCUT2D eigenvalue weighted by atomic mass is 9.77. The highest BCUT2D eigenvalue weighted by atomic mass is 16.5. The highest BCUT2D eigenvalue weighted by Gasteiger charge is 2.26. The molecule has 4 rings (SSSR count). The Bertz CT molecular complexity index is 622. The molecule has 1 heterocycles. The van der Waals surface area contributed by atoms with Gasteiger partial charge in [0.15, 0.2) is 0 Å². The van der Waals surface area contributed by atoms with Gasteiger partial charge in [-0.25, -0.2) is 0 Å². The molecule has 2 aliphatic rings. The highest BCUT2D eigenvalue weighted by Crippen LogP contribution is 2.35. The van der Waals surface area contributed by atoms with E-state index in [2.05, 4.69) is 47.8 Å². The number of benzene rings is 2. The summed E-state index contributed by atoms with van der Waals surface area (Å²) in [4.78, 5) is 0. The molecule has 0 spiro atoms. The topological polar surface area (TPSA) is 21.3 Å². The summed E-state index contributed by atoms with van der Waals surface area (Å²) in [5.74, 6) is 2.26. The summed E-state index contributed by atoms with van der Waals surface area (Å²) < 4.78 is 5.73. The smallest absolute Gasteiger partial charge is 0.122 e. The lowest BCUT2D eigenvalue weighted by molar-refractivity contribution is 0.325. The van der Waals surface area contributed by atoms with Crippen LogP contribution < -0.4 is 10.1 Å². The van der Waals surface area contributed by atoms with Crippen molar-refractivity contribution in [3.63, 3.8) is 0 Å². The van der Waals surface area contributed by atoms with Crippen molar-refractivity contribution < 1.29 is 4.74 Å². The van der Waals surface area contributed by atoms with Crippen LogP contribution in [-0.4, -0.2) is 19.7 Å². The second-order valence-corrected chi connectivity index (χ2v) is 5.80. The van der Waals surface area contributed by atoms with Gasteiger partial charge >= 0.3 is 0 Å². The molecule has 0 saturated carbocycles. The quantitative estimate of drug-likeness (QED) is 0.917. The number of hydrogen-bond acceptors (Lipinski definition) is 2. The van der Waals surface area contributed by atoms with Crippen LogP contribution in [0, 0.1) is 0 Å². The number of fused-ring (bicyclic) bond motifs is 2. The Morgan fingerprint density at radius 3 is 2.55 bits per heavy atom. The molecule has 0 amide bonds. The second kappa shape index (κ2) is 4.95. The number of para-hydroxylation sites is 1. The fourth-order valence-electron chi connectivity index (χ4n) is 3.37. The third-order valence-corrected chi connectivity index (χ3v) is 4.54. The maximum atomic E-state index is 5.73. The molecule has 0 saturated heterocycles. The zero-order chi connectivity index (χ0) is 13.4. The standard InChI is InChI=1S/C18H19NO/c1-2-6-16-13(5-1)9-14(16)10-19-11-15-12-20-18-8-4-3-7-17(15)18/h1-8,14-15,19H,9-12H2. The monoisotopic (exact) mass is 265 g/mol. The minimum atomic E-state index is 0.501. The molecule has 0 aromatic heterocycles. The predicted octanol–water partition coefficient (Wildman–Crippen LogP) is 3.09. The number of hydrogen-bond donors (Lipinski definition) is 1. The van der Waals surface area contributed by atoms with E-state index in [1.54, 1.807) is 0 Å². The fourth-order valence-corrected chi connectivity index (χ4v) is 3.37. The van der Waals surface area contributed by atoms with Gasteiger partial charge < -0.3 is 10.1 Å². The fraction of sp³-hybridized carbons (Fsp3) is 0.333. The van der Waals surface area contributed by atoms with Crippen molar-refractivity contribution in [3.05, 3.63) is 65.2 Å². The minimum absolute atomic E-state index is 0.501. The third kappa shape index (κ3) is 2.01. The second-order valence-electron chi connectivity index (χ2n) is 5.80. The van der Waals surface area contributed by atoms with Gasteiger partial charge in [-0.05, 0) is 23.6 Å². The number of nitrogens with one attached hydrogen (secondary N) is 1. The molecular weight excluding hydrogens is 246 g/mol. The van der Waals surface area contributed by atoms with Crippen LogP contribution in [0.2, 0.25) is 0 Å². The lowest BCUT2D eigenvalue weighted by Crippen LogP contribution is -2.32. The van der Waals surface area contributed by atoms with Crippen molar-refractivity contribution >= 4 is 0 Å². The number of ether oxygens (including phenoxy) is 1. The average molecular weight is 265 g/mol. The van der Waals surface area contributed by atoms with Crippen LogP contribution in [-0.2, 0) is 6.42 Å². The van der Waals surface area contributed by atoms with E-state index < -0.39 is 0 Å². The Labute approximate surface area is 119 Å². The van der Waals surface area contributed by atoms with E-state index in [-0.39, 0.29) is 0 Å². The molecular formula is C18H19NO. The molecule has 1 N–H and O–H groups in total. The molecule has 0 fully saturated rings. The van der Waals surface area contributed by atoms with Crippen molar-refractivity contribution in [1.29, 1.82) is 0 Å². The molecule has 0 radical (unpaired) electrons. The SMILES string of the molecule is c1ccc2c(c1)CC2CNCC1COc2ccccc21. The van der Waals surface area contributed by atoms with Crippen LogP contribution in [0.15, 0.2) is 48.5 Å². The normalized spacial score (nSPS) is 22.6. The summed E-state index contributed by atoms with van der Waals surface area (Å²) in [7, 11) is 0. The lowest BCUT2D eigenvalue weighted by Gasteiger charge is -2.30. The van der Waals surface area contributed by atoms with Crippen LogP contribution in [0.25, 0.3) is 0 Å². The molecule has 2 heteroatoms. The zero-order valence-electron chi connectivity index (χ0n) is 11.5. The van der Waals surface area contributed by atoms with Gasteiger partial charge in [0.25, 0.3) is 0 Å². The van der Waals surface area contributed by atoms with Gasteiger partial charge in [-0.1, -0.05) is 42.5 Å². The summed E-state index contributed by atoms with van der Waals surface area (Å²) in [6.45, 7) is 2.90. The molecule has 2 nitrogen and oxygen atoms in total. The summed E-state index contributed by atoms with van der Waals surface area (Å²) in [6.07, 6.45) is 1.22. The first-order valence-electron chi connectivity index (χ1n) is 7.42. The Balaban J connectivity index is 1.33. The molecule has 2 atom stereocenters. The molecule has 2 unspecified atom stereocenters. The van der Waals surface area contributed by atoms with E-state index in [1.165, 1.54) is 23.1 Å². The van der Waals surface area contributed by atoms with Gasteiger partial charge in [0.2, 0.25) is 0 Å². The van der Waals surface area contributed by atoms with Crippen molar-refractivity contribution in [2.75, 3.05) is 19.7 Å². The molecule has 2 aromatic rings. The van der Waals surface area contributed by atoms with Crippen molar-refractivity contribution in [3.8, 4) is 5.75 Å². The largest absolute Gasteiger partial charge is 0.493 e. The van der Waals surface area contributed by atoms with Crippen LogP contribution >= 0.6 is 0 Å². The zero-order valence-corrected chi connectivity index (χ0v) is 11.5. The van der Waals surface area contributed by atoms with E-state index in [0.29, 0.717) is 11.8 Å². The first-order chi connectivity index (χ1) is 9.92. The van der Waals surface area contributed by atoms with Crippen molar-refractivity contribution in [2.45, 2.75) is 18.3 Å². The van der Waals surface area contributed by atoms with Gasteiger partial charge in [0.1, 0.15) is 5.75 Å². The van der Waals surface area contributed by atoms with Gasteiger partial charge in [-0.3, -0.25) is 0 Å². The first-order valence-corrected chi connectivity index (χ1v) is 7.42. The molecule has 2 aromatic carbocycles. The van der Waals surface area contributed by atoms with Gasteiger partial charge in [-0.15, -0.1) is 0 Å². The molecule has 1 aliphatic heterocycles. The average Bonchev–Trinajstić information content (AvgIpc) is 2.87. The van der Waals surface area contributed by atoms with Crippen molar-refractivity contribution in [1.82, 2.24) is 5.32 Å². The van der Waals surface area contributed by atoms with Crippen LogP contribution in [0.1, 0.15) is 28.5 Å².